The summed E-state index contributed by atoms with van der Waals surface area (Å²) in [6, 6.07) is 5.59. The van der Waals surface area contributed by atoms with Crippen molar-refractivity contribution in [3.8, 4) is 0 Å². The van der Waals surface area contributed by atoms with Gasteiger partial charge in [0.15, 0.2) is 0 Å². The lowest BCUT2D eigenvalue weighted by atomic mass is 10.1. The van der Waals surface area contributed by atoms with Crippen molar-refractivity contribution in [3.63, 3.8) is 0 Å². The summed E-state index contributed by atoms with van der Waals surface area (Å²) in [5.41, 5.74) is 8.31. The summed E-state index contributed by atoms with van der Waals surface area (Å²) in [6.07, 6.45) is 0. The molecule has 0 saturated carbocycles. The molecule has 0 radical (unpaired) electrons. The first-order chi connectivity index (χ1) is 6.65. The van der Waals surface area contributed by atoms with Gasteiger partial charge in [0.05, 0.1) is 6.54 Å². The van der Waals surface area contributed by atoms with Crippen LogP contribution in [0.5, 0.6) is 0 Å². The standard InChI is InChI=1S/C10H15N3O/c1-7-8(11)4-3-5-9(7)13-6-10(14)12-2/h3-5,13H,6,11H2,1-2H3,(H,12,14). The van der Waals surface area contributed by atoms with Crippen molar-refractivity contribution in [2.45, 2.75) is 6.92 Å². The third-order valence-electron chi connectivity index (χ3n) is 2.09. The van der Waals surface area contributed by atoms with E-state index in [-0.39, 0.29) is 12.5 Å². The van der Waals surface area contributed by atoms with Crippen molar-refractivity contribution in [2.24, 2.45) is 0 Å². The van der Waals surface area contributed by atoms with Gasteiger partial charge in [-0.25, -0.2) is 0 Å². The number of hydrogen-bond donors (Lipinski definition) is 3. The highest BCUT2D eigenvalue weighted by atomic mass is 16.1. The molecule has 76 valence electrons. The van der Waals surface area contributed by atoms with Crippen LogP contribution in [0.3, 0.4) is 0 Å². The van der Waals surface area contributed by atoms with Gasteiger partial charge in [-0.3, -0.25) is 4.79 Å². The molecule has 0 heterocycles. The first-order valence-corrected chi connectivity index (χ1v) is 4.44. The molecule has 0 atom stereocenters. The van der Waals surface area contributed by atoms with Crippen LogP contribution in [-0.2, 0) is 4.79 Å². The quantitative estimate of drug-likeness (QED) is 0.620. The van der Waals surface area contributed by atoms with Crippen molar-refractivity contribution in [1.29, 1.82) is 0 Å². The highest BCUT2D eigenvalue weighted by Crippen LogP contribution is 2.19. The Balaban J connectivity index is 2.68. The van der Waals surface area contributed by atoms with E-state index in [1.54, 1.807) is 7.05 Å². The van der Waals surface area contributed by atoms with Crippen LogP contribution in [0.4, 0.5) is 11.4 Å². The molecule has 1 aromatic rings. The molecule has 0 aromatic heterocycles. The lowest BCUT2D eigenvalue weighted by molar-refractivity contribution is -0.118. The molecular weight excluding hydrogens is 178 g/mol. The summed E-state index contributed by atoms with van der Waals surface area (Å²) in [7, 11) is 1.61. The van der Waals surface area contributed by atoms with Gasteiger partial charge < -0.3 is 16.4 Å². The summed E-state index contributed by atoms with van der Waals surface area (Å²) < 4.78 is 0. The molecule has 0 spiro atoms. The van der Waals surface area contributed by atoms with Crippen molar-refractivity contribution in [3.05, 3.63) is 23.8 Å². The highest BCUT2D eigenvalue weighted by Gasteiger charge is 2.02. The third-order valence-corrected chi connectivity index (χ3v) is 2.09. The summed E-state index contributed by atoms with van der Waals surface area (Å²) in [6.45, 7) is 2.18. The van der Waals surface area contributed by atoms with Crippen LogP contribution in [0.15, 0.2) is 18.2 Å². The lowest BCUT2D eigenvalue weighted by Gasteiger charge is -2.10. The Labute approximate surface area is 83.5 Å². The molecule has 0 bridgehead atoms. The molecule has 4 heteroatoms. The largest absolute Gasteiger partial charge is 0.398 e. The van der Waals surface area contributed by atoms with Crippen molar-refractivity contribution in [1.82, 2.24) is 5.32 Å². The summed E-state index contributed by atoms with van der Waals surface area (Å²) in [5, 5.41) is 5.55. The molecule has 0 unspecified atom stereocenters. The fourth-order valence-electron chi connectivity index (χ4n) is 1.11. The first-order valence-electron chi connectivity index (χ1n) is 4.44. The Morgan fingerprint density at radius 2 is 2.21 bits per heavy atom. The Kier molecular flexibility index (Phi) is 3.34. The minimum atomic E-state index is -0.0492. The van der Waals surface area contributed by atoms with E-state index in [0.29, 0.717) is 0 Å². The number of rotatable bonds is 3. The van der Waals surface area contributed by atoms with Crippen LogP contribution in [-0.4, -0.2) is 19.5 Å². The molecule has 0 aliphatic heterocycles. The van der Waals surface area contributed by atoms with Gasteiger partial charge in [-0.05, 0) is 24.6 Å². The molecule has 1 rings (SSSR count). The smallest absolute Gasteiger partial charge is 0.239 e. The fraction of sp³-hybridized carbons (Fsp3) is 0.300. The number of carbonyl (C=O) groups excluding carboxylic acids is 1. The van der Waals surface area contributed by atoms with Crippen LogP contribution in [0, 0.1) is 6.92 Å². The predicted octanol–water partition coefficient (Wildman–Crippen LogP) is 0.735. The Bertz CT molecular complexity index is 336. The minimum absolute atomic E-state index is 0.0492. The molecule has 1 amide bonds. The van der Waals surface area contributed by atoms with Crippen LogP contribution in [0.25, 0.3) is 0 Å². The first kappa shape index (κ1) is 10.4. The monoisotopic (exact) mass is 193 g/mol. The Hall–Kier alpha value is -1.71. The summed E-state index contributed by atoms with van der Waals surface area (Å²) in [4.78, 5) is 11.0. The zero-order valence-corrected chi connectivity index (χ0v) is 8.42. The second-order valence-electron chi connectivity index (χ2n) is 3.05. The number of nitrogens with two attached hydrogens (primary N) is 1. The van der Waals surface area contributed by atoms with E-state index in [2.05, 4.69) is 10.6 Å². The maximum absolute atomic E-state index is 11.0. The van der Waals surface area contributed by atoms with Gasteiger partial charge in [-0.1, -0.05) is 6.07 Å². The van der Waals surface area contributed by atoms with E-state index in [4.69, 9.17) is 5.73 Å². The molecule has 4 nitrogen and oxygen atoms in total. The topological polar surface area (TPSA) is 67.2 Å². The van der Waals surface area contributed by atoms with Crippen molar-refractivity contribution < 1.29 is 4.79 Å². The number of benzene rings is 1. The predicted molar refractivity (Wildman–Crippen MR) is 58.1 cm³/mol. The van der Waals surface area contributed by atoms with Crippen LogP contribution in [0.2, 0.25) is 0 Å². The number of hydrogen-bond acceptors (Lipinski definition) is 3. The Morgan fingerprint density at radius 3 is 2.86 bits per heavy atom. The molecule has 0 aliphatic carbocycles. The molecule has 1 aromatic carbocycles. The lowest BCUT2D eigenvalue weighted by Crippen LogP contribution is -2.26. The van der Waals surface area contributed by atoms with Gasteiger partial charge in [0.25, 0.3) is 0 Å². The van der Waals surface area contributed by atoms with E-state index in [9.17, 15) is 4.79 Å². The van der Waals surface area contributed by atoms with Crippen LogP contribution >= 0.6 is 0 Å². The molecular formula is C10H15N3O. The van der Waals surface area contributed by atoms with E-state index in [1.165, 1.54) is 0 Å². The minimum Gasteiger partial charge on any atom is -0.398 e. The van der Waals surface area contributed by atoms with E-state index in [1.807, 2.05) is 25.1 Å². The maximum Gasteiger partial charge on any atom is 0.239 e. The number of likely N-dealkylation sites (N-methyl/N-ethyl adjacent to an activating group) is 1. The van der Waals surface area contributed by atoms with E-state index >= 15 is 0 Å². The maximum atomic E-state index is 11.0. The molecule has 4 N–H and O–H groups in total. The van der Waals surface area contributed by atoms with E-state index in [0.717, 1.165) is 16.9 Å². The molecule has 0 fully saturated rings. The fourth-order valence-corrected chi connectivity index (χ4v) is 1.11. The third kappa shape index (κ3) is 2.39. The van der Waals surface area contributed by atoms with Crippen LogP contribution in [0.1, 0.15) is 5.56 Å². The summed E-state index contributed by atoms with van der Waals surface area (Å²) in [5.74, 6) is -0.0492. The molecule has 14 heavy (non-hydrogen) atoms. The average Bonchev–Trinajstić information content (AvgIpc) is 2.20. The number of carbonyl (C=O) groups is 1. The Morgan fingerprint density at radius 1 is 1.50 bits per heavy atom. The van der Waals surface area contributed by atoms with Gasteiger partial charge in [0, 0.05) is 18.4 Å². The van der Waals surface area contributed by atoms with E-state index < -0.39 is 0 Å². The van der Waals surface area contributed by atoms with Crippen LogP contribution < -0.4 is 16.4 Å². The van der Waals surface area contributed by atoms with Gasteiger partial charge in [-0.15, -0.1) is 0 Å². The van der Waals surface area contributed by atoms with Gasteiger partial charge in [0.2, 0.25) is 5.91 Å². The second-order valence-corrected chi connectivity index (χ2v) is 3.05. The highest BCUT2D eigenvalue weighted by molar-refractivity contribution is 5.81. The zero-order valence-electron chi connectivity index (χ0n) is 8.42. The zero-order chi connectivity index (χ0) is 10.6. The second kappa shape index (κ2) is 4.50. The SMILES string of the molecule is CNC(=O)CNc1cccc(N)c1C. The average molecular weight is 193 g/mol. The number of nitrogens with one attached hydrogen (secondary N) is 2. The molecule has 0 saturated heterocycles. The number of amides is 1. The van der Waals surface area contributed by atoms with Gasteiger partial charge in [-0.2, -0.15) is 0 Å². The number of nitrogen functional groups attached to an aromatic ring is 1. The van der Waals surface area contributed by atoms with Crippen molar-refractivity contribution >= 4 is 17.3 Å². The normalized spacial score (nSPS) is 9.57. The summed E-state index contributed by atoms with van der Waals surface area (Å²) >= 11 is 0. The molecule has 0 aliphatic rings. The number of anilines is 2. The van der Waals surface area contributed by atoms with Gasteiger partial charge >= 0.3 is 0 Å². The van der Waals surface area contributed by atoms with Crippen molar-refractivity contribution in [2.75, 3.05) is 24.6 Å². The van der Waals surface area contributed by atoms with Gasteiger partial charge in [0.1, 0.15) is 0 Å².